The molecule has 1 N–H and O–H groups in total. The summed E-state index contributed by atoms with van der Waals surface area (Å²) >= 11 is 0. The van der Waals surface area contributed by atoms with Crippen LogP contribution in [-0.2, 0) is 4.57 Å². The quantitative estimate of drug-likeness (QED) is 0.554. The Kier molecular flexibility index (Phi) is 2.69. The zero-order valence-corrected chi connectivity index (χ0v) is 7.41. The Balaban J connectivity index is 3.27. The molecular formula is C8H8O3P+. The lowest BCUT2D eigenvalue weighted by Crippen LogP contribution is -2.08. The highest BCUT2D eigenvalue weighted by Gasteiger charge is 2.22. The zero-order chi connectivity index (χ0) is 9.14. The van der Waals surface area contributed by atoms with Crippen molar-refractivity contribution in [2.24, 2.45) is 0 Å². The lowest BCUT2D eigenvalue weighted by molar-refractivity contribution is 0.101. The van der Waals surface area contributed by atoms with Crippen LogP contribution in [0.4, 0.5) is 0 Å². The summed E-state index contributed by atoms with van der Waals surface area (Å²) in [7, 11) is -2.42. The molecule has 0 aliphatic rings. The third-order valence-corrected chi connectivity index (χ3v) is 2.29. The average Bonchev–Trinajstić information content (AvgIpc) is 2.04. The molecule has 1 aromatic rings. The fraction of sp³-hybridized carbons (Fsp3) is 0.125. The van der Waals surface area contributed by atoms with Crippen molar-refractivity contribution in [1.82, 2.24) is 0 Å². The molecule has 0 saturated carbocycles. The lowest BCUT2D eigenvalue weighted by Gasteiger charge is -1.92. The standard InChI is InChI=1S/C8H7O3P/c1-6(9)7-4-2-3-5-8(7)12(10)11/h2-5H,1H3/p+1. The average molecular weight is 183 g/mol. The maximum Gasteiger partial charge on any atom is 0.546 e. The number of Topliss-reactive ketones (excluding diaryl/α,β-unsaturated/α-hetero) is 1. The van der Waals surface area contributed by atoms with Gasteiger partial charge in [0.15, 0.2) is 5.78 Å². The summed E-state index contributed by atoms with van der Waals surface area (Å²) in [6, 6.07) is 6.32. The van der Waals surface area contributed by atoms with Crippen LogP contribution in [0.3, 0.4) is 0 Å². The highest BCUT2D eigenvalue weighted by molar-refractivity contribution is 7.47. The first-order valence-corrected chi connectivity index (χ1v) is 4.60. The summed E-state index contributed by atoms with van der Waals surface area (Å²) in [6.07, 6.45) is 0. The molecule has 0 aromatic heterocycles. The van der Waals surface area contributed by atoms with Crippen molar-refractivity contribution in [2.75, 3.05) is 0 Å². The monoisotopic (exact) mass is 183 g/mol. The molecule has 1 unspecified atom stereocenters. The van der Waals surface area contributed by atoms with Crippen LogP contribution in [0.2, 0.25) is 0 Å². The second kappa shape index (κ2) is 3.57. The van der Waals surface area contributed by atoms with E-state index in [-0.39, 0.29) is 11.1 Å². The normalized spacial score (nSPS) is 11.0. The third-order valence-electron chi connectivity index (χ3n) is 1.49. The Hall–Kier alpha value is -1.05. The molecule has 0 heterocycles. The maximum atomic E-state index is 10.9. The minimum atomic E-state index is -2.42. The van der Waals surface area contributed by atoms with Crippen molar-refractivity contribution >= 4 is 19.1 Å². The van der Waals surface area contributed by atoms with Crippen LogP contribution in [0, 0.1) is 0 Å². The Morgan fingerprint density at radius 1 is 1.42 bits per heavy atom. The first-order valence-electron chi connectivity index (χ1n) is 3.39. The number of rotatable bonds is 2. The summed E-state index contributed by atoms with van der Waals surface area (Å²) in [6.45, 7) is 1.37. The number of carbonyl (C=O) groups excluding carboxylic acids is 1. The molecular weight excluding hydrogens is 175 g/mol. The number of hydrogen-bond acceptors (Lipinski definition) is 2. The molecule has 4 heteroatoms. The molecule has 1 atom stereocenters. The summed E-state index contributed by atoms with van der Waals surface area (Å²) < 4.78 is 10.7. The Labute approximate surface area is 70.9 Å². The summed E-state index contributed by atoms with van der Waals surface area (Å²) in [4.78, 5) is 19.7. The van der Waals surface area contributed by atoms with Gasteiger partial charge in [-0.2, -0.15) is 4.89 Å². The van der Waals surface area contributed by atoms with Gasteiger partial charge in [0, 0.05) is 0 Å². The molecule has 62 valence electrons. The van der Waals surface area contributed by atoms with E-state index >= 15 is 0 Å². The summed E-state index contributed by atoms with van der Waals surface area (Å²) in [5, 5.41) is 0.208. The molecule has 0 aliphatic carbocycles. The number of carbonyl (C=O) groups is 1. The van der Waals surface area contributed by atoms with Gasteiger partial charge in [0.2, 0.25) is 5.30 Å². The summed E-state index contributed by atoms with van der Waals surface area (Å²) in [5.74, 6) is -0.192. The van der Waals surface area contributed by atoms with Crippen LogP contribution in [0.25, 0.3) is 0 Å². The van der Waals surface area contributed by atoms with E-state index in [1.54, 1.807) is 18.2 Å². The fourth-order valence-corrected chi connectivity index (χ4v) is 1.59. The molecule has 1 rings (SSSR count). The van der Waals surface area contributed by atoms with Gasteiger partial charge >= 0.3 is 8.03 Å². The maximum absolute atomic E-state index is 10.9. The smallest absolute Gasteiger partial charge is 0.294 e. The van der Waals surface area contributed by atoms with Gasteiger partial charge in [-0.3, -0.25) is 4.79 Å². The molecule has 1 aromatic carbocycles. The van der Waals surface area contributed by atoms with E-state index in [1.165, 1.54) is 13.0 Å². The van der Waals surface area contributed by atoms with Crippen LogP contribution in [-0.4, -0.2) is 10.7 Å². The fourth-order valence-electron chi connectivity index (χ4n) is 0.938. The Morgan fingerprint density at radius 2 is 2.00 bits per heavy atom. The van der Waals surface area contributed by atoms with Crippen molar-refractivity contribution < 1.29 is 14.3 Å². The molecule has 12 heavy (non-hydrogen) atoms. The summed E-state index contributed by atoms with van der Waals surface area (Å²) in [5.41, 5.74) is 0.320. The van der Waals surface area contributed by atoms with Crippen LogP contribution >= 0.6 is 8.03 Å². The molecule has 0 bridgehead atoms. The van der Waals surface area contributed by atoms with Gasteiger partial charge in [-0.25, -0.2) is 0 Å². The molecule has 0 saturated heterocycles. The zero-order valence-electron chi connectivity index (χ0n) is 6.52. The minimum Gasteiger partial charge on any atom is -0.294 e. The van der Waals surface area contributed by atoms with E-state index in [9.17, 15) is 9.36 Å². The van der Waals surface area contributed by atoms with Gasteiger partial charge in [0.05, 0.1) is 5.56 Å². The van der Waals surface area contributed by atoms with Gasteiger partial charge in [-0.1, -0.05) is 12.1 Å². The number of hydrogen-bond donors (Lipinski definition) is 1. The predicted molar refractivity (Wildman–Crippen MR) is 45.9 cm³/mol. The highest BCUT2D eigenvalue weighted by Crippen LogP contribution is 2.15. The van der Waals surface area contributed by atoms with Crippen molar-refractivity contribution in [3.63, 3.8) is 0 Å². The second-order valence-corrected chi connectivity index (χ2v) is 3.37. The first-order chi connectivity index (χ1) is 5.63. The van der Waals surface area contributed by atoms with E-state index in [4.69, 9.17) is 4.89 Å². The van der Waals surface area contributed by atoms with E-state index in [0.717, 1.165) is 0 Å². The van der Waals surface area contributed by atoms with Crippen molar-refractivity contribution in [3.05, 3.63) is 29.8 Å². The molecule has 0 radical (unpaired) electrons. The van der Waals surface area contributed by atoms with Gasteiger partial charge in [0.1, 0.15) is 0 Å². The van der Waals surface area contributed by atoms with E-state index in [0.29, 0.717) is 5.56 Å². The van der Waals surface area contributed by atoms with Crippen molar-refractivity contribution in [1.29, 1.82) is 0 Å². The predicted octanol–water partition coefficient (Wildman–Crippen LogP) is 1.25. The van der Waals surface area contributed by atoms with Crippen molar-refractivity contribution in [2.45, 2.75) is 6.92 Å². The Morgan fingerprint density at radius 3 is 2.42 bits per heavy atom. The van der Waals surface area contributed by atoms with E-state index < -0.39 is 8.03 Å². The largest absolute Gasteiger partial charge is 0.546 e. The number of benzene rings is 1. The molecule has 0 fully saturated rings. The lowest BCUT2D eigenvalue weighted by atomic mass is 10.1. The van der Waals surface area contributed by atoms with Crippen LogP contribution < -0.4 is 5.30 Å². The molecule has 3 nitrogen and oxygen atoms in total. The van der Waals surface area contributed by atoms with Gasteiger partial charge in [0.25, 0.3) is 0 Å². The van der Waals surface area contributed by atoms with Crippen molar-refractivity contribution in [3.8, 4) is 0 Å². The minimum absolute atomic E-state index is 0.192. The topological polar surface area (TPSA) is 54.4 Å². The van der Waals surface area contributed by atoms with Gasteiger partial charge < -0.3 is 0 Å². The molecule has 0 spiro atoms. The number of ketones is 1. The van der Waals surface area contributed by atoms with Crippen LogP contribution in [0.15, 0.2) is 24.3 Å². The van der Waals surface area contributed by atoms with E-state index in [2.05, 4.69) is 0 Å². The van der Waals surface area contributed by atoms with Gasteiger partial charge in [-0.05, 0) is 23.6 Å². The SMILES string of the molecule is CC(=O)c1ccccc1[P+](=O)O. The highest BCUT2D eigenvalue weighted by atomic mass is 31.1. The molecule has 0 aliphatic heterocycles. The van der Waals surface area contributed by atoms with E-state index in [1.807, 2.05) is 0 Å². The first kappa shape index (κ1) is 9.04. The van der Waals surface area contributed by atoms with Gasteiger partial charge in [-0.15, -0.1) is 0 Å². The van der Waals surface area contributed by atoms with Crippen LogP contribution in [0.1, 0.15) is 17.3 Å². The second-order valence-electron chi connectivity index (χ2n) is 2.35. The third kappa shape index (κ3) is 1.76. The van der Waals surface area contributed by atoms with Crippen LogP contribution in [0.5, 0.6) is 0 Å². The Bertz CT molecular complexity index is 300. The molecule has 0 amide bonds.